The van der Waals surface area contributed by atoms with Crippen LogP contribution in [0.4, 0.5) is 0 Å². The van der Waals surface area contributed by atoms with Gasteiger partial charge in [-0.05, 0) is 60.6 Å². The van der Waals surface area contributed by atoms with Crippen molar-refractivity contribution in [2.24, 2.45) is 16.7 Å². The number of carbonyl (C=O) groups excluding carboxylic acids is 1. The van der Waals surface area contributed by atoms with Crippen LogP contribution in [-0.2, 0) is 24.9 Å². The van der Waals surface area contributed by atoms with Gasteiger partial charge < -0.3 is 10.1 Å². The molecule has 3 aromatic rings. The fourth-order valence-electron chi connectivity index (χ4n) is 4.98. The summed E-state index contributed by atoms with van der Waals surface area (Å²) in [5.41, 5.74) is 3.54. The van der Waals surface area contributed by atoms with Gasteiger partial charge in [-0.1, -0.05) is 52.0 Å². The zero-order chi connectivity index (χ0) is 23.8. The smallest absolute Gasteiger partial charge is 0.168 e. The number of Topliss-reactive ketones (excluding diaryl/α,β-unsaturated/α-hetero) is 1. The van der Waals surface area contributed by atoms with E-state index in [9.17, 15) is 9.90 Å². The van der Waals surface area contributed by atoms with Crippen molar-refractivity contribution >= 4 is 16.6 Å². The molecule has 2 aliphatic carbocycles. The van der Waals surface area contributed by atoms with Crippen LogP contribution in [0.2, 0.25) is 0 Å². The predicted molar refractivity (Wildman–Crippen MR) is 135 cm³/mol. The molecule has 2 aliphatic rings. The summed E-state index contributed by atoms with van der Waals surface area (Å²) in [6, 6.07) is 19.5. The molecule has 1 saturated carbocycles. The summed E-state index contributed by atoms with van der Waals surface area (Å²) in [4.78, 5) is 16.8. The number of aliphatic hydroxyl groups is 1. The first-order valence-corrected chi connectivity index (χ1v) is 11.9. The topological polar surface area (TPSA) is 50.2 Å². The van der Waals surface area contributed by atoms with Gasteiger partial charge in [0.25, 0.3) is 0 Å². The minimum atomic E-state index is -0.284. The number of hydrogen-bond donors (Lipinski definition) is 1. The van der Waals surface area contributed by atoms with Gasteiger partial charge in [0.05, 0.1) is 0 Å². The van der Waals surface area contributed by atoms with Gasteiger partial charge in [-0.2, -0.15) is 0 Å². The molecule has 1 heterocycles. The Morgan fingerprint density at radius 1 is 1.00 bits per heavy atom. The molecule has 1 N–H and O–H groups in total. The van der Waals surface area contributed by atoms with Crippen molar-refractivity contribution in [1.82, 2.24) is 4.98 Å². The standard InChI is InChI=1S/C16H12N.C14H22O2.Ir/c1-12-6-5-9-14-11-17-16(10-15(12)14)13-7-3-2-4-8-13;1-13(2)7-5-9-6-8-14(3,4)12(16)10(9)11(13)15;/h2-7,9-11H,1H3;9,15H,5-8H2,1-4H3;/q-1;;. The largest absolute Gasteiger partial charge is 0.511 e. The van der Waals surface area contributed by atoms with Crippen molar-refractivity contribution in [2.75, 3.05) is 0 Å². The van der Waals surface area contributed by atoms with E-state index >= 15 is 0 Å². The number of pyridine rings is 1. The van der Waals surface area contributed by atoms with Gasteiger partial charge in [-0.15, -0.1) is 35.9 Å². The number of nitrogens with zero attached hydrogens (tertiary/aromatic N) is 1. The molecule has 2 aromatic carbocycles. The molecule has 1 aromatic heterocycles. The molecule has 181 valence electrons. The fraction of sp³-hybridized carbons (Fsp3) is 0.400. The van der Waals surface area contributed by atoms with E-state index in [1.54, 1.807) is 0 Å². The van der Waals surface area contributed by atoms with E-state index < -0.39 is 0 Å². The van der Waals surface area contributed by atoms with Crippen molar-refractivity contribution in [2.45, 2.75) is 60.3 Å². The Kier molecular flexibility index (Phi) is 7.85. The van der Waals surface area contributed by atoms with Gasteiger partial charge in [0.1, 0.15) is 5.76 Å². The Morgan fingerprint density at radius 2 is 1.71 bits per heavy atom. The maximum absolute atomic E-state index is 12.4. The second-order valence-electron chi connectivity index (χ2n) is 10.8. The second-order valence-corrected chi connectivity index (χ2v) is 10.8. The molecule has 0 spiro atoms. The molecule has 34 heavy (non-hydrogen) atoms. The number of carbonyl (C=O) groups is 1. The van der Waals surface area contributed by atoms with E-state index in [-0.39, 0.29) is 36.7 Å². The van der Waals surface area contributed by atoms with E-state index in [4.69, 9.17) is 0 Å². The molecule has 1 atom stereocenters. The predicted octanol–water partition coefficient (Wildman–Crippen LogP) is 7.63. The maximum atomic E-state index is 12.4. The van der Waals surface area contributed by atoms with Crippen LogP contribution in [0.25, 0.3) is 22.0 Å². The first kappa shape index (κ1) is 26.3. The number of aliphatic hydroxyl groups excluding tert-OH is 1. The van der Waals surface area contributed by atoms with Gasteiger partial charge in [-0.3, -0.25) is 4.79 Å². The molecule has 1 radical (unpaired) electrons. The molecular weight excluding hydrogens is 599 g/mol. The third kappa shape index (κ3) is 5.19. The van der Waals surface area contributed by atoms with Crippen LogP contribution in [-0.4, -0.2) is 15.9 Å². The summed E-state index contributed by atoms with van der Waals surface area (Å²) in [6.45, 7) is 10.2. The van der Waals surface area contributed by atoms with E-state index in [0.717, 1.165) is 42.5 Å². The molecular formula is C30H34IrNO2-. The number of hydrogen-bond acceptors (Lipinski definition) is 3. The van der Waals surface area contributed by atoms with Crippen LogP contribution in [0.1, 0.15) is 58.9 Å². The quantitative estimate of drug-likeness (QED) is 0.281. The van der Waals surface area contributed by atoms with Gasteiger partial charge in [0.15, 0.2) is 5.78 Å². The Balaban J connectivity index is 0.000000186. The Bertz CT molecular complexity index is 1210. The van der Waals surface area contributed by atoms with Crippen LogP contribution in [0.3, 0.4) is 0 Å². The van der Waals surface area contributed by atoms with Crippen LogP contribution >= 0.6 is 0 Å². The molecule has 1 fully saturated rings. The zero-order valence-electron chi connectivity index (χ0n) is 20.7. The van der Waals surface area contributed by atoms with Crippen molar-refractivity contribution in [1.29, 1.82) is 0 Å². The molecule has 0 amide bonds. The summed E-state index contributed by atoms with van der Waals surface area (Å²) in [7, 11) is 0. The second kappa shape index (κ2) is 10.1. The molecule has 3 nitrogen and oxygen atoms in total. The van der Waals surface area contributed by atoms with E-state index in [1.807, 2.05) is 58.2 Å². The first-order valence-electron chi connectivity index (χ1n) is 11.9. The number of benzene rings is 2. The van der Waals surface area contributed by atoms with E-state index in [0.29, 0.717) is 11.7 Å². The summed E-state index contributed by atoms with van der Waals surface area (Å²) < 4.78 is 0. The number of aromatic nitrogens is 1. The van der Waals surface area contributed by atoms with Crippen molar-refractivity contribution in [3.05, 3.63) is 77.7 Å². The maximum Gasteiger partial charge on any atom is 0.168 e. The van der Waals surface area contributed by atoms with Crippen LogP contribution < -0.4 is 0 Å². The number of aryl methyl sites for hydroxylation is 1. The number of allylic oxidation sites excluding steroid dienone is 2. The normalized spacial score (nSPS) is 20.6. The van der Waals surface area contributed by atoms with Crippen molar-refractivity contribution in [3.8, 4) is 11.3 Å². The molecule has 0 bridgehead atoms. The average molecular weight is 633 g/mol. The van der Waals surface area contributed by atoms with Crippen LogP contribution in [0.5, 0.6) is 0 Å². The fourth-order valence-corrected chi connectivity index (χ4v) is 4.98. The van der Waals surface area contributed by atoms with Crippen LogP contribution in [0.15, 0.2) is 66.1 Å². The number of fused-ring (bicyclic) bond motifs is 2. The third-order valence-corrected chi connectivity index (χ3v) is 7.37. The number of rotatable bonds is 1. The zero-order valence-corrected chi connectivity index (χ0v) is 23.1. The first-order chi connectivity index (χ1) is 15.6. The minimum Gasteiger partial charge on any atom is -0.511 e. The Morgan fingerprint density at radius 3 is 2.38 bits per heavy atom. The summed E-state index contributed by atoms with van der Waals surface area (Å²) in [5, 5.41) is 12.7. The summed E-state index contributed by atoms with van der Waals surface area (Å²) >= 11 is 0. The van der Waals surface area contributed by atoms with Gasteiger partial charge in [-0.25, -0.2) is 0 Å². The molecule has 5 rings (SSSR count). The van der Waals surface area contributed by atoms with Gasteiger partial charge in [0, 0.05) is 42.7 Å². The SMILES string of the molecule is CC1(C)CCC2CCC(C)(C)C(O)=C2C1=O.Cc1cccc2cnc(-c3[c-]cccc3)cc12.[Ir]. The average Bonchev–Trinajstić information content (AvgIpc) is 2.80. The van der Waals surface area contributed by atoms with Gasteiger partial charge >= 0.3 is 0 Å². The van der Waals surface area contributed by atoms with Crippen molar-refractivity contribution < 1.29 is 30.0 Å². The summed E-state index contributed by atoms with van der Waals surface area (Å²) in [6.07, 6.45) is 5.97. The molecule has 1 unspecified atom stereocenters. The Labute approximate surface area is 217 Å². The van der Waals surface area contributed by atoms with E-state index in [2.05, 4.69) is 42.2 Å². The molecule has 4 heteroatoms. The monoisotopic (exact) mass is 633 g/mol. The third-order valence-electron chi connectivity index (χ3n) is 7.37. The molecule has 0 aliphatic heterocycles. The van der Waals surface area contributed by atoms with Crippen LogP contribution in [0, 0.1) is 29.7 Å². The van der Waals surface area contributed by atoms with E-state index in [1.165, 1.54) is 16.3 Å². The molecule has 0 saturated heterocycles. The minimum absolute atomic E-state index is 0. The van der Waals surface area contributed by atoms with Crippen molar-refractivity contribution in [3.63, 3.8) is 0 Å². The summed E-state index contributed by atoms with van der Waals surface area (Å²) in [5.74, 6) is 0.851. The van der Waals surface area contributed by atoms with Gasteiger partial charge in [0.2, 0.25) is 0 Å². The Hall–Kier alpha value is -2.29. The number of ketones is 1.